The van der Waals surface area contributed by atoms with E-state index in [9.17, 15) is 18.0 Å². The van der Waals surface area contributed by atoms with Crippen molar-refractivity contribution in [2.75, 3.05) is 6.54 Å². The van der Waals surface area contributed by atoms with Gasteiger partial charge in [-0.2, -0.15) is 18.3 Å². The molecule has 29 heavy (non-hydrogen) atoms. The van der Waals surface area contributed by atoms with Gasteiger partial charge in [-0.15, -0.1) is 0 Å². The van der Waals surface area contributed by atoms with E-state index in [-0.39, 0.29) is 18.0 Å². The van der Waals surface area contributed by atoms with E-state index in [1.165, 1.54) is 6.07 Å². The minimum Gasteiger partial charge on any atom is -0.334 e. The number of rotatable bonds is 4. The van der Waals surface area contributed by atoms with Gasteiger partial charge in [0.15, 0.2) is 5.65 Å². The first-order chi connectivity index (χ1) is 13.8. The average molecular weight is 408 g/mol. The number of alkyl halides is 3. The van der Waals surface area contributed by atoms with Crippen LogP contribution in [-0.4, -0.2) is 42.3 Å². The Hall–Kier alpha value is -2.98. The Balaban J connectivity index is 1.68. The molecule has 1 aliphatic rings. The first kappa shape index (κ1) is 19.3. The van der Waals surface area contributed by atoms with E-state index in [2.05, 4.69) is 25.0 Å². The molecule has 3 aromatic rings. The summed E-state index contributed by atoms with van der Waals surface area (Å²) in [4.78, 5) is 18.7. The highest BCUT2D eigenvalue weighted by Gasteiger charge is 2.37. The van der Waals surface area contributed by atoms with Gasteiger partial charge in [-0.25, -0.2) is 14.1 Å². The molecule has 1 fully saturated rings. The van der Waals surface area contributed by atoms with E-state index in [1.54, 1.807) is 18.7 Å². The predicted molar refractivity (Wildman–Crippen MR) is 93.8 cm³/mol. The zero-order valence-corrected chi connectivity index (χ0v) is 15.9. The molecule has 8 nitrogen and oxygen atoms in total. The molecule has 3 aromatic heterocycles. The third kappa shape index (κ3) is 3.56. The van der Waals surface area contributed by atoms with Crippen LogP contribution in [0.4, 0.5) is 13.2 Å². The number of carbonyl (C=O) groups excluding carboxylic acids is 1. The van der Waals surface area contributed by atoms with Crippen molar-refractivity contribution in [1.29, 1.82) is 0 Å². The summed E-state index contributed by atoms with van der Waals surface area (Å²) in [6.07, 6.45) is -2.81. The smallest absolute Gasteiger partial charge is 0.334 e. The lowest BCUT2D eigenvalue weighted by Crippen LogP contribution is -2.32. The minimum atomic E-state index is -4.56. The van der Waals surface area contributed by atoms with Crippen molar-refractivity contribution < 1.29 is 22.6 Å². The first-order valence-electron chi connectivity index (χ1n) is 9.32. The standard InChI is InChI=1S/C18H19F3N6O2/c1-3-11-7-15(18(19,20)21)27-16(22-11)8-13(23-27)14-5-4-6-26(14)17(28)9-12-10(2)24-29-25-12/h7-8,14H,3-6,9H2,1-2H3. The number of hydrogen-bond donors (Lipinski definition) is 0. The number of aromatic nitrogens is 5. The van der Waals surface area contributed by atoms with Crippen molar-refractivity contribution in [3.05, 3.63) is 40.6 Å². The molecule has 0 aromatic carbocycles. The van der Waals surface area contributed by atoms with E-state index in [4.69, 9.17) is 0 Å². The summed E-state index contributed by atoms with van der Waals surface area (Å²) < 4.78 is 45.9. The van der Waals surface area contributed by atoms with Crippen LogP contribution in [0.5, 0.6) is 0 Å². The second-order valence-corrected chi connectivity index (χ2v) is 7.04. The van der Waals surface area contributed by atoms with Crippen LogP contribution in [0, 0.1) is 6.92 Å². The van der Waals surface area contributed by atoms with Crippen LogP contribution in [-0.2, 0) is 23.8 Å². The molecule has 0 radical (unpaired) electrons. The lowest BCUT2D eigenvalue weighted by Gasteiger charge is -2.23. The number of nitrogens with zero attached hydrogens (tertiary/aromatic N) is 6. The third-order valence-electron chi connectivity index (χ3n) is 5.13. The van der Waals surface area contributed by atoms with Crippen LogP contribution in [0.25, 0.3) is 5.65 Å². The molecule has 1 aliphatic heterocycles. The third-order valence-corrected chi connectivity index (χ3v) is 5.13. The van der Waals surface area contributed by atoms with Crippen LogP contribution in [0.1, 0.15) is 54.3 Å². The normalized spacial score (nSPS) is 17.4. The maximum Gasteiger partial charge on any atom is 0.433 e. The highest BCUT2D eigenvalue weighted by atomic mass is 19.4. The van der Waals surface area contributed by atoms with Crippen LogP contribution in [0.15, 0.2) is 16.8 Å². The van der Waals surface area contributed by atoms with E-state index in [0.29, 0.717) is 42.2 Å². The summed E-state index contributed by atoms with van der Waals surface area (Å²) in [5, 5.41) is 11.6. The molecule has 1 unspecified atom stereocenters. The average Bonchev–Trinajstić information content (AvgIpc) is 3.39. The molecular formula is C18H19F3N6O2. The molecular weight excluding hydrogens is 389 g/mol. The summed E-state index contributed by atoms with van der Waals surface area (Å²) >= 11 is 0. The maximum atomic E-state index is 13.5. The Kier molecular flexibility index (Phi) is 4.75. The van der Waals surface area contributed by atoms with E-state index in [1.807, 2.05) is 0 Å². The van der Waals surface area contributed by atoms with E-state index >= 15 is 0 Å². The van der Waals surface area contributed by atoms with Gasteiger partial charge >= 0.3 is 6.18 Å². The molecule has 11 heteroatoms. The van der Waals surface area contributed by atoms with Gasteiger partial charge in [0.1, 0.15) is 17.1 Å². The lowest BCUT2D eigenvalue weighted by molar-refractivity contribution is -0.142. The Morgan fingerprint density at radius 3 is 2.76 bits per heavy atom. The number of amides is 1. The van der Waals surface area contributed by atoms with Crippen molar-refractivity contribution in [3.63, 3.8) is 0 Å². The summed E-state index contributed by atoms with van der Waals surface area (Å²) in [6.45, 7) is 3.94. The topological polar surface area (TPSA) is 89.4 Å². The second kappa shape index (κ2) is 7.12. The summed E-state index contributed by atoms with van der Waals surface area (Å²) in [6, 6.07) is 2.14. The van der Waals surface area contributed by atoms with Crippen molar-refractivity contribution >= 4 is 11.6 Å². The molecule has 0 saturated carbocycles. The molecule has 0 spiro atoms. The highest BCUT2D eigenvalue weighted by molar-refractivity contribution is 5.79. The molecule has 4 rings (SSSR count). The molecule has 1 amide bonds. The number of halogens is 3. The van der Waals surface area contributed by atoms with Crippen molar-refractivity contribution in [2.24, 2.45) is 0 Å². The molecule has 154 valence electrons. The van der Waals surface area contributed by atoms with E-state index < -0.39 is 17.9 Å². The van der Waals surface area contributed by atoms with Gasteiger partial charge in [0, 0.05) is 18.3 Å². The van der Waals surface area contributed by atoms with E-state index in [0.717, 1.165) is 17.0 Å². The number of fused-ring (bicyclic) bond motifs is 1. The second-order valence-electron chi connectivity index (χ2n) is 7.04. The number of hydrogen-bond acceptors (Lipinski definition) is 6. The zero-order valence-electron chi connectivity index (χ0n) is 15.9. The number of aryl methyl sites for hydroxylation is 2. The van der Waals surface area contributed by atoms with Crippen molar-refractivity contribution in [1.82, 2.24) is 29.8 Å². The van der Waals surface area contributed by atoms with Crippen LogP contribution in [0.3, 0.4) is 0 Å². The minimum absolute atomic E-state index is 0.0191. The van der Waals surface area contributed by atoms with Crippen LogP contribution in [0.2, 0.25) is 0 Å². The van der Waals surface area contributed by atoms with Gasteiger partial charge in [-0.3, -0.25) is 4.79 Å². The Bertz CT molecular complexity index is 1060. The highest BCUT2D eigenvalue weighted by Crippen LogP contribution is 2.34. The van der Waals surface area contributed by atoms with Crippen molar-refractivity contribution in [3.8, 4) is 0 Å². The molecule has 0 N–H and O–H groups in total. The van der Waals surface area contributed by atoms with Gasteiger partial charge < -0.3 is 4.90 Å². The Morgan fingerprint density at radius 1 is 1.31 bits per heavy atom. The molecule has 0 aliphatic carbocycles. The predicted octanol–water partition coefficient (Wildman–Crippen LogP) is 2.91. The quantitative estimate of drug-likeness (QED) is 0.660. The van der Waals surface area contributed by atoms with Crippen LogP contribution < -0.4 is 0 Å². The first-order valence-corrected chi connectivity index (χ1v) is 9.32. The fraction of sp³-hybridized carbons (Fsp3) is 0.500. The van der Waals surface area contributed by atoms with Gasteiger partial charge in [0.2, 0.25) is 5.91 Å². The summed E-state index contributed by atoms with van der Waals surface area (Å²) in [5.41, 5.74) is 0.979. The Morgan fingerprint density at radius 2 is 2.10 bits per heavy atom. The van der Waals surface area contributed by atoms with Gasteiger partial charge in [-0.1, -0.05) is 17.2 Å². The summed E-state index contributed by atoms with van der Waals surface area (Å²) in [5.74, 6) is -0.193. The van der Waals surface area contributed by atoms with Gasteiger partial charge in [0.05, 0.1) is 18.2 Å². The number of likely N-dealkylation sites (tertiary alicyclic amines) is 1. The van der Waals surface area contributed by atoms with Gasteiger partial charge in [0.25, 0.3) is 0 Å². The Labute approximate surface area is 163 Å². The fourth-order valence-electron chi connectivity index (χ4n) is 3.62. The molecule has 1 atom stereocenters. The van der Waals surface area contributed by atoms with Gasteiger partial charge in [-0.05, 0) is 32.3 Å². The fourth-order valence-corrected chi connectivity index (χ4v) is 3.62. The monoisotopic (exact) mass is 408 g/mol. The number of carbonyl (C=O) groups is 1. The summed E-state index contributed by atoms with van der Waals surface area (Å²) in [7, 11) is 0. The zero-order chi connectivity index (χ0) is 20.8. The van der Waals surface area contributed by atoms with Crippen molar-refractivity contribution in [2.45, 2.75) is 51.7 Å². The SMILES string of the molecule is CCc1cc(C(F)(F)F)n2nc(C3CCCN3C(=O)Cc3nonc3C)cc2n1. The molecule has 4 heterocycles. The largest absolute Gasteiger partial charge is 0.433 e. The maximum absolute atomic E-state index is 13.5. The lowest BCUT2D eigenvalue weighted by atomic mass is 10.1. The molecule has 0 bridgehead atoms. The molecule has 1 saturated heterocycles. The van der Waals surface area contributed by atoms with Crippen LogP contribution >= 0.6 is 0 Å².